The van der Waals surface area contributed by atoms with Gasteiger partial charge in [0.05, 0.1) is 12.5 Å². The summed E-state index contributed by atoms with van der Waals surface area (Å²) in [6.45, 7) is 4.17. The number of ether oxygens (including phenoxy) is 1. The third-order valence-corrected chi connectivity index (χ3v) is 1.59. The Morgan fingerprint density at radius 1 is 1.55 bits per heavy atom. The molecule has 0 saturated carbocycles. The molecule has 0 heterocycles. The fraction of sp³-hybridized carbons (Fsp3) is 0.875. The van der Waals surface area contributed by atoms with Gasteiger partial charge in [0, 0.05) is 6.61 Å². The summed E-state index contributed by atoms with van der Waals surface area (Å²) in [5.74, 6) is -0.316. The number of carbonyl (C=O) groups excluding carboxylic acids is 1. The lowest BCUT2D eigenvalue weighted by Gasteiger charge is -2.10. The van der Waals surface area contributed by atoms with Crippen molar-refractivity contribution in [1.82, 2.24) is 0 Å². The van der Waals surface area contributed by atoms with Crippen LogP contribution in [-0.2, 0) is 9.53 Å². The highest BCUT2D eigenvalue weighted by Crippen LogP contribution is 2.09. The van der Waals surface area contributed by atoms with Crippen LogP contribution in [0.5, 0.6) is 0 Å². The van der Waals surface area contributed by atoms with Gasteiger partial charge in [-0.15, -0.1) is 0 Å². The van der Waals surface area contributed by atoms with Crippen molar-refractivity contribution >= 4 is 5.97 Å². The third-order valence-electron chi connectivity index (χ3n) is 1.59. The number of hydrogen-bond donors (Lipinski definition) is 1. The molecule has 0 amide bonds. The molecule has 0 radical (unpaired) electrons. The van der Waals surface area contributed by atoms with Crippen LogP contribution >= 0.6 is 0 Å². The normalized spacial score (nSPS) is 12.6. The molecule has 0 bridgehead atoms. The van der Waals surface area contributed by atoms with Gasteiger partial charge in [-0.25, -0.2) is 0 Å². The van der Waals surface area contributed by atoms with E-state index in [9.17, 15) is 4.79 Å². The summed E-state index contributed by atoms with van der Waals surface area (Å²) in [5, 5.41) is 8.58. The molecule has 0 aliphatic rings. The standard InChI is InChI=1S/C8H16O3/c1-3-7(5-6-9)8(10)11-4-2/h7,9H,3-6H2,1-2H3/t7-/m1/s1. The second-order valence-electron chi connectivity index (χ2n) is 2.37. The predicted molar refractivity (Wildman–Crippen MR) is 42.1 cm³/mol. The Bertz CT molecular complexity index is 112. The maximum absolute atomic E-state index is 11.0. The molecule has 0 aromatic carbocycles. The number of aliphatic hydroxyl groups excluding tert-OH is 1. The van der Waals surface area contributed by atoms with Gasteiger partial charge in [-0.3, -0.25) is 4.79 Å². The molecule has 0 spiro atoms. The second-order valence-corrected chi connectivity index (χ2v) is 2.37. The lowest BCUT2D eigenvalue weighted by atomic mass is 10.0. The Morgan fingerprint density at radius 3 is 2.55 bits per heavy atom. The van der Waals surface area contributed by atoms with Gasteiger partial charge in [-0.2, -0.15) is 0 Å². The van der Waals surface area contributed by atoms with Crippen molar-refractivity contribution in [3.05, 3.63) is 0 Å². The van der Waals surface area contributed by atoms with Gasteiger partial charge in [-0.05, 0) is 19.8 Å². The first-order chi connectivity index (χ1) is 5.26. The van der Waals surface area contributed by atoms with E-state index in [-0.39, 0.29) is 18.5 Å². The van der Waals surface area contributed by atoms with E-state index in [2.05, 4.69) is 0 Å². The summed E-state index contributed by atoms with van der Waals surface area (Å²) in [6, 6.07) is 0. The maximum atomic E-state index is 11.0. The number of rotatable bonds is 5. The van der Waals surface area contributed by atoms with Crippen molar-refractivity contribution in [3.63, 3.8) is 0 Å². The van der Waals surface area contributed by atoms with E-state index >= 15 is 0 Å². The molecule has 11 heavy (non-hydrogen) atoms. The van der Waals surface area contributed by atoms with E-state index in [4.69, 9.17) is 9.84 Å². The van der Waals surface area contributed by atoms with Gasteiger partial charge in [0.1, 0.15) is 0 Å². The van der Waals surface area contributed by atoms with Crippen molar-refractivity contribution in [3.8, 4) is 0 Å². The molecule has 0 unspecified atom stereocenters. The van der Waals surface area contributed by atoms with Crippen LogP contribution in [0.25, 0.3) is 0 Å². The van der Waals surface area contributed by atoms with Crippen LogP contribution in [0, 0.1) is 5.92 Å². The lowest BCUT2D eigenvalue weighted by Crippen LogP contribution is -2.18. The molecular formula is C8H16O3. The number of hydrogen-bond acceptors (Lipinski definition) is 3. The van der Waals surface area contributed by atoms with Gasteiger partial charge in [0.2, 0.25) is 0 Å². The van der Waals surface area contributed by atoms with E-state index in [1.807, 2.05) is 6.92 Å². The zero-order valence-corrected chi connectivity index (χ0v) is 7.17. The van der Waals surface area contributed by atoms with Crippen LogP contribution in [0.2, 0.25) is 0 Å². The van der Waals surface area contributed by atoms with Gasteiger partial charge in [0.25, 0.3) is 0 Å². The first-order valence-electron chi connectivity index (χ1n) is 4.03. The van der Waals surface area contributed by atoms with Crippen LogP contribution < -0.4 is 0 Å². The summed E-state index contributed by atoms with van der Waals surface area (Å²) in [5.41, 5.74) is 0. The SMILES string of the molecule is CCOC(=O)[C@H](CC)CCO. The molecule has 0 aliphatic heterocycles. The molecule has 0 rings (SSSR count). The summed E-state index contributed by atoms with van der Waals surface area (Å²) in [6.07, 6.45) is 1.24. The van der Waals surface area contributed by atoms with Crippen LogP contribution in [-0.4, -0.2) is 24.3 Å². The summed E-state index contributed by atoms with van der Waals surface area (Å²) in [4.78, 5) is 11.0. The smallest absolute Gasteiger partial charge is 0.308 e. The molecule has 3 heteroatoms. The zero-order valence-electron chi connectivity index (χ0n) is 7.17. The molecule has 0 saturated heterocycles. The Balaban J connectivity index is 3.71. The van der Waals surface area contributed by atoms with Gasteiger partial charge < -0.3 is 9.84 Å². The molecule has 0 fully saturated rings. The average molecular weight is 160 g/mol. The zero-order chi connectivity index (χ0) is 8.69. The quantitative estimate of drug-likeness (QED) is 0.609. The van der Waals surface area contributed by atoms with Gasteiger partial charge >= 0.3 is 5.97 Å². The summed E-state index contributed by atoms with van der Waals surface area (Å²) >= 11 is 0. The molecule has 0 aromatic rings. The second kappa shape index (κ2) is 6.16. The van der Waals surface area contributed by atoms with E-state index in [1.54, 1.807) is 6.92 Å². The van der Waals surface area contributed by atoms with Crippen LogP contribution in [0.4, 0.5) is 0 Å². The monoisotopic (exact) mass is 160 g/mol. The molecule has 1 N–H and O–H groups in total. The van der Waals surface area contributed by atoms with Gasteiger partial charge in [-0.1, -0.05) is 6.92 Å². The highest BCUT2D eigenvalue weighted by molar-refractivity contribution is 5.72. The lowest BCUT2D eigenvalue weighted by molar-refractivity contribution is -0.148. The minimum absolute atomic E-state index is 0.0529. The van der Waals surface area contributed by atoms with Crippen molar-refractivity contribution in [1.29, 1.82) is 0 Å². The summed E-state index contributed by atoms with van der Waals surface area (Å²) < 4.78 is 4.80. The fourth-order valence-corrected chi connectivity index (χ4v) is 0.905. The Kier molecular flexibility index (Phi) is 5.84. The average Bonchev–Trinajstić information content (AvgIpc) is 2.00. The largest absolute Gasteiger partial charge is 0.466 e. The van der Waals surface area contributed by atoms with E-state index in [1.165, 1.54) is 0 Å². The molecule has 3 nitrogen and oxygen atoms in total. The van der Waals surface area contributed by atoms with E-state index < -0.39 is 0 Å². The minimum atomic E-state index is -0.191. The van der Waals surface area contributed by atoms with Crippen molar-refractivity contribution in [2.45, 2.75) is 26.7 Å². The van der Waals surface area contributed by atoms with Crippen molar-refractivity contribution in [2.75, 3.05) is 13.2 Å². The Morgan fingerprint density at radius 2 is 2.18 bits per heavy atom. The fourth-order valence-electron chi connectivity index (χ4n) is 0.905. The van der Waals surface area contributed by atoms with Crippen molar-refractivity contribution in [2.24, 2.45) is 5.92 Å². The molecule has 1 atom stereocenters. The van der Waals surface area contributed by atoms with Crippen LogP contribution in [0.1, 0.15) is 26.7 Å². The maximum Gasteiger partial charge on any atom is 0.308 e. The Hall–Kier alpha value is -0.570. The van der Waals surface area contributed by atoms with Crippen LogP contribution in [0.3, 0.4) is 0 Å². The molecular weight excluding hydrogens is 144 g/mol. The number of aliphatic hydroxyl groups is 1. The molecule has 0 aromatic heterocycles. The minimum Gasteiger partial charge on any atom is -0.466 e. The molecule has 0 aliphatic carbocycles. The van der Waals surface area contributed by atoms with Gasteiger partial charge in [0.15, 0.2) is 0 Å². The van der Waals surface area contributed by atoms with E-state index in [0.29, 0.717) is 13.0 Å². The summed E-state index contributed by atoms with van der Waals surface area (Å²) in [7, 11) is 0. The van der Waals surface area contributed by atoms with Crippen LogP contribution in [0.15, 0.2) is 0 Å². The number of carbonyl (C=O) groups is 1. The first-order valence-corrected chi connectivity index (χ1v) is 4.03. The molecule has 66 valence electrons. The topological polar surface area (TPSA) is 46.5 Å². The first kappa shape index (κ1) is 10.4. The van der Waals surface area contributed by atoms with Crippen molar-refractivity contribution < 1.29 is 14.6 Å². The van der Waals surface area contributed by atoms with E-state index in [0.717, 1.165) is 6.42 Å². The highest BCUT2D eigenvalue weighted by atomic mass is 16.5. The number of esters is 1. The Labute approximate surface area is 67.4 Å². The predicted octanol–water partition coefficient (Wildman–Crippen LogP) is 0.958. The third kappa shape index (κ3) is 3.98. The highest BCUT2D eigenvalue weighted by Gasteiger charge is 2.15.